The van der Waals surface area contributed by atoms with Crippen molar-refractivity contribution in [1.82, 2.24) is 5.32 Å². The van der Waals surface area contributed by atoms with Crippen LogP contribution in [-0.4, -0.2) is 56.3 Å². The Labute approximate surface area is 128 Å². The molecule has 0 aliphatic carbocycles. The standard InChI is InChI=1S/C11H21N3O6S/c12-10(16)19-6-8(7-20-11(13)17)18-4-1-2-9(15)14-3-5-21/h8,21H,1-7H2,(H2,12,16)(H2,13,17)(H,14,15). The second kappa shape index (κ2) is 12.1. The van der Waals surface area contributed by atoms with E-state index in [0.717, 1.165) is 0 Å². The molecular formula is C11H21N3O6S. The van der Waals surface area contributed by atoms with Crippen molar-refractivity contribution in [3.8, 4) is 0 Å². The molecule has 0 fully saturated rings. The molecule has 21 heavy (non-hydrogen) atoms. The van der Waals surface area contributed by atoms with Crippen LogP contribution in [0.2, 0.25) is 0 Å². The summed E-state index contributed by atoms with van der Waals surface area (Å²) in [6.07, 6.45) is -1.87. The van der Waals surface area contributed by atoms with E-state index >= 15 is 0 Å². The summed E-state index contributed by atoms with van der Waals surface area (Å²) in [6.45, 7) is 0.385. The van der Waals surface area contributed by atoms with Crippen molar-refractivity contribution in [2.45, 2.75) is 18.9 Å². The summed E-state index contributed by atoms with van der Waals surface area (Å²) >= 11 is 3.97. The fraction of sp³-hybridized carbons (Fsp3) is 0.727. The van der Waals surface area contributed by atoms with Gasteiger partial charge in [0.1, 0.15) is 19.3 Å². The van der Waals surface area contributed by atoms with Crippen LogP contribution in [0.1, 0.15) is 12.8 Å². The molecule has 0 aromatic rings. The van der Waals surface area contributed by atoms with E-state index in [0.29, 0.717) is 18.7 Å². The third kappa shape index (κ3) is 13.1. The third-order valence-electron chi connectivity index (χ3n) is 2.16. The van der Waals surface area contributed by atoms with Gasteiger partial charge in [0, 0.05) is 25.3 Å². The lowest BCUT2D eigenvalue weighted by Crippen LogP contribution is -2.31. The zero-order valence-corrected chi connectivity index (χ0v) is 12.5. The normalized spacial score (nSPS) is 10.2. The third-order valence-corrected chi connectivity index (χ3v) is 2.38. The van der Waals surface area contributed by atoms with E-state index in [4.69, 9.17) is 16.2 Å². The summed E-state index contributed by atoms with van der Waals surface area (Å²) in [6, 6.07) is 0. The van der Waals surface area contributed by atoms with E-state index < -0.39 is 18.3 Å². The summed E-state index contributed by atoms with van der Waals surface area (Å²) < 4.78 is 14.5. The van der Waals surface area contributed by atoms with Crippen LogP contribution in [0.15, 0.2) is 0 Å². The Balaban J connectivity index is 3.90. The molecule has 0 atom stereocenters. The minimum Gasteiger partial charge on any atom is -0.447 e. The largest absolute Gasteiger partial charge is 0.447 e. The highest BCUT2D eigenvalue weighted by atomic mass is 32.1. The molecule has 0 aliphatic rings. The molecule has 9 nitrogen and oxygen atoms in total. The first kappa shape index (κ1) is 19.3. The summed E-state index contributed by atoms with van der Waals surface area (Å²) in [5.74, 6) is 0.463. The number of ether oxygens (including phenoxy) is 3. The summed E-state index contributed by atoms with van der Waals surface area (Å²) in [5, 5.41) is 2.66. The first-order valence-corrected chi connectivity index (χ1v) is 6.92. The van der Waals surface area contributed by atoms with Crippen molar-refractivity contribution in [2.75, 3.05) is 32.1 Å². The van der Waals surface area contributed by atoms with Crippen molar-refractivity contribution in [3.63, 3.8) is 0 Å². The number of nitrogens with two attached hydrogens (primary N) is 2. The van der Waals surface area contributed by atoms with E-state index in [2.05, 4.69) is 27.4 Å². The molecule has 0 unspecified atom stereocenters. The molecule has 0 saturated carbocycles. The Kier molecular flexibility index (Phi) is 11.1. The highest BCUT2D eigenvalue weighted by molar-refractivity contribution is 7.80. The van der Waals surface area contributed by atoms with Gasteiger partial charge < -0.3 is 31.0 Å². The zero-order chi connectivity index (χ0) is 16.1. The van der Waals surface area contributed by atoms with Crippen LogP contribution in [0.25, 0.3) is 0 Å². The molecular weight excluding hydrogens is 302 g/mol. The van der Waals surface area contributed by atoms with Crippen molar-refractivity contribution in [1.29, 1.82) is 0 Å². The number of nitrogens with one attached hydrogen (secondary N) is 1. The number of thiol groups is 1. The molecule has 0 aromatic carbocycles. The van der Waals surface area contributed by atoms with E-state index in [-0.39, 0.29) is 32.1 Å². The smallest absolute Gasteiger partial charge is 0.404 e. The van der Waals surface area contributed by atoms with Gasteiger partial charge in [0.15, 0.2) is 0 Å². The zero-order valence-electron chi connectivity index (χ0n) is 11.6. The van der Waals surface area contributed by atoms with Crippen molar-refractivity contribution < 1.29 is 28.6 Å². The minimum atomic E-state index is -0.964. The summed E-state index contributed by atoms with van der Waals surface area (Å²) in [7, 11) is 0. The van der Waals surface area contributed by atoms with Gasteiger partial charge in [-0.05, 0) is 6.42 Å². The SMILES string of the molecule is NC(=O)OCC(COC(N)=O)OCCCC(=O)NCCS. The van der Waals surface area contributed by atoms with Gasteiger partial charge in [0.2, 0.25) is 5.91 Å². The van der Waals surface area contributed by atoms with Gasteiger partial charge in [-0.25, -0.2) is 9.59 Å². The second-order valence-electron chi connectivity index (χ2n) is 3.93. The molecule has 122 valence electrons. The molecule has 3 amide bonds. The molecule has 0 heterocycles. The maximum Gasteiger partial charge on any atom is 0.404 e. The monoisotopic (exact) mass is 323 g/mol. The fourth-order valence-electron chi connectivity index (χ4n) is 1.26. The first-order chi connectivity index (χ1) is 9.95. The number of hydrogen-bond donors (Lipinski definition) is 4. The van der Waals surface area contributed by atoms with Crippen LogP contribution < -0.4 is 16.8 Å². The number of carbonyl (C=O) groups excluding carboxylic acids is 3. The van der Waals surface area contributed by atoms with E-state index in [1.54, 1.807) is 0 Å². The Hall–Kier alpha value is -1.68. The molecule has 0 spiro atoms. The molecule has 0 aliphatic heterocycles. The molecule has 0 aromatic heterocycles. The van der Waals surface area contributed by atoms with Gasteiger partial charge in [0.05, 0.1) is 0 Å². The lowest BCUT2D eigenvalue weighted by atomic mass is 10.3. The minimum absolute atomic E-state index is 0.106. The molecule has 5 N–H and O–H groups in total. The number of carbonyl (C=O) groups is 3. The number of hydrogen-bond acceptors (Lipinski definition) is 7. The van der Waals surface area contributed by atoms with Crippen LogP contribution in [0.4, 0.5) is 9.59 Å². The molecule has 0 bridgehead atoms. The second-order valence-corrected chi connectivity index (χ2v) is 4.38. The lowest BCUT2D eigenvalue weighted by Gasteiger charge is -2.16. The highest BCUT2D eigenvalue weighted by Gasteiger charge is 2.14. The van der Waals surface area contributed by atoms with Gasteiger partial charge in [-0.15, -0.1) is 0 Å². The Bertz CT molecular complexity index is 324. The van der Waals surface area contributed by atoms with Crippen molar-refractivity contribution in [3.05, 3.63) is 0 Å². The Morgan fingerprint density at radius 2 is 1.67 bits per heavy atom. The van der Waals surface area contributed by atoms with Crippen LogP contribution in [0, 0.1) is 0 Å². The fourth-order valence-corrected chi connectivity index (χ4v) is 1.37. The molecule has 0 rings (SSSR count). The maximum absolute atomic E-state index is 11.3. The van der Waals surface area contributed by atoms with Crippen LogP contribution >= 0.6 is 12.6 Å². The van der Waals surface area contributed by atoms with E-state index in [9.17, 15) is 14.4 Å². The van der Waals surface area contributed by atoms with Gasteiger partial charge in [-0.1, -0.05) is 0 Å². The molecule has 0 radical (unpaired) electrons. The van der Waals surface area contributed by atoms with Crippen LogP contribution in [0.3, 0.4) is 0 Å². The van der Waals surface area contributed by atoms with E-state index in [1.807, 2.05) is 0 Å². The van der Waals surface area contributed by atoms with Crippen molar-refractivity contribution in [2.24, 2.45) is 11.5 Å². The first-order valence-electron chi connectivity index (χ1n) is 6.29. The molecule has 10 heteroatoms. The average molecular weight is 323 g/mol. The Morgan fingerprint density at radius 3 is 2.14 bits per heavy atom. The highest BCUT2D eigenvalue weighted by Crippen LogP contribution is 1.99. The van der Waals surface area contributed by atoms with Crippen molar-refractivity contribution >= 4 is 30.7 Å². The lowest BCUT2D eigenvalue weighted by molar-refractivity contribution is -0.121. The van der Waals surface area contributed by atoms with Gasteiger partial charge in [0.25, 0.3) is 0 Å². The van der Waals surface area contributed by atoms with Crippen LogP contribution in [0.5, 0.6) is 0 Å². The predicted octanol–water partition coefficient (Wildman–Crippen LogP) is -0.612. The van der Waals surface area contributed by atoms with Gasteiger partial charge >= 0.3 is 12.2 Å². The van der Waals surface area contributed by atoms with Crippen LogP contribution in [-0.2, 0) is 19.0 Å². The Morgan fingerprint density at radius 1 is 1.10 bits per heavy atom. The van der Waals surface area contributed by atoms with Gasteiger partial charge in [-0.3, -0.25) is 4.79 Å². The van der Waals surface area contributed by atoms with Gasteiger partial charge in [-0.2, -0.15) is 12.6 Å². The maximum atomic E-state index is 11.3. The summed E-state index contributed by atoms with van der Waals surface area (Å²) in [4.78, 5) is 32.3. The topological polar surface area (TPSA) is 143 Å². The number of rotatable bonds is 11. The quantitative estimate of drug-likeness (QED) is 0.295. The average Bonchev–Trinajstić information content (AvgIpc) is 2.42. The summed E-state index contributed by atoms with van der Waals surface area (Å²) in [5.41, 5.74) is 9.66. The molecule has 0 saturated heterocycles. The number of primary amides is 2. The predicted molar refractivity (Wildman–Crippen MR) is 76.9 cm³/mol. The number of amides is 3. The van der Waals surface area contributed by atoms with E-state index in [1.165, 1.54) is 0 Å².